The van der Waals surface area contributed by atoms with Gasteiger partial charge < -0.3 is 9.15 Å². The largest absolute Gasteiger partial charge is 0.461 e. The number of ether oxygens (including phenoxy) is 1. The topological polar surface area (TPSA) is 39.4 Å². The number of esters is 1. The zero-order chi connectivity index (χ0) is 10.7. The van der Waals surface area contributed by atoms with Crippen LogP contribution in [0.4, 0.5) is 0 Å². The van der Waals surface area contributed by atoms with Crippen LogP contribution in [0.25, 0.3) is 0 Å². The Morgan fingerprint density at radius 3 is 2.93 bits per heavy atom. The van der Waals surface area contributed by atoms with Crippen molar-refractivity contribution in [2.45, 2.75) is 25.9 Å². The first kappa shape index (κ1) is 9.85. The van der Waals surface area contributed by atoms with E-state index in [-0.39, 0.29) is 18.5 Å². The minimum absolute atomic E-state index is 0.120. The van der Waals surface area contributed by atoms with E-state index in [0.717, 1.165) is 18.6 Å². The predicted octanol–water partition coefficient (Wildman–Crippen LogP) is 1.91. The molecule has 2 rings (SSSR count). The fraction of sp³-hybridized carbons (Fsp3) is 0.417. The van der Waals surface area contributed by atoms with Crippen LogP contribution in [-0.2, 0) is 22.6 Å². The molecule has 0 amide bonds. The van der Waals surface area contributed by atoms with E-state index in [1.165, 1.54) is 0 Å². The van der Waals surface area contributed by atoms with Gasteiger partial charge in [-0.1, -0.05) is 5.92 Å². The monoisotopic (exact) mass is 204 g/mol. The number of furan rings is 1. The van der Waals surface area contributed by atoms with Gasteiger partial charge in [0.15, 0.2) is 0 Å². The molecule has 0 atom stereocenters. The number of terminal acetylenes is 1. The third-order valence-corrected chi connectivity index (χ3v) is 2.26. The number of hydrogen-bond acceptors (Lipinski definition) is 3. The van der Waals surface area contributed by atoms with Crippen molar-refractivity contribution in [3.63, 3.8) is 0 Å². The summed E-state index contributed by atoms with van der Waals surface area (Å²) in [4.78, 5) is 11.2. The highest BCUT2D eigenvalue weighted by molar-refractivity contribution is 5.74. The summed E-state index contributed by atoms with van der Waals surface area (Å²) in [5, 5.41) is 0. The lowest BCUT2D eigenvalue weighted by Crippen LogP contribution is -2.05. The van der Waals surface area contributed by atoms with E-state index in [2.05, 4.69) is 5.92 Å². The maximum Gasteiger partial charge on any atom is 0.309 e. The minimum atomic E-state index is -0.120. The first-order valence-corrected chi connectivity index (χ1v) is 4.97. The van der Waals surface area contributed by atoms with Crippen LogP contribution in [0.1, 0.15) is 24.4 Å². The molecule has 0 N–H and O–H groups in total. The van der Waals surface area contributed by atoms with Crippen molar-refractivity contribution in [2.24, 2.45) is 5.92 Å². The Morgan fingerprint density at radius 1 is 1.53 bits per heavy atom. The van der Waals surface area contributed by atoms with Crippen molar-refractivity contribution < 1.29 is 13.9 Å². The van der Waals surface area contributed by atoms with Crippen LogP contribution in [-0.4, -0.2) is 5.97 Å². The molecule has 1 aromatic rings. The summed E-state index contributed by atoms with van der Waals surface area (Å²) in [6.45, 7) is 0.208. The molecule has 0 unspecified atom stereocenters. The minimum Gasteiger partial charge on any atom is -0.461 e. The summed E-state index contributed by atoms with van der Waals surface area (Å²) in [7, 11) is 0. The van der Waals surface area contributed by atoms with Gasteiger partial charge in [-0.25, -0.2) is 0 Å². The van der Waals surface area contributed by atoms with Crippen molar-refractivity contribution in [3.05, 3.63) is 23.7 Å². The molecule has 0 radical (unpaired) electrons. The standard InChI is InChI=1S/C12H12O3/c1-2-3-10-6-7-11(15-10)8-14-12(13)9-4-5-9/h1,6-7,9H,3-5,8H2. The van der Waals surface area contributed by atoms with Gasteiger partial charge in [0.2, 0.25) is 0 Å². The van der Waals surface area contributed by atoms with Gasteiger partial charge in [-0.05, 0) is 25.0 Å². The summed E-state index contributed by atoms with van der Waals surface area (Å²) in [5.74, 6) is 3.88. The van der Waals surface area contributed by atoms with Gasteiger partial charge in [0.1, 0.15) is 18.1 Å². The molecule has 1 fully saturated rings. The molecule has 0 saturated heterocycles. The van der Waals surface area contributed by atoms with E-state index >= 15 is 0 Å². The van der Waals surface area contributed by atoms with Gasteiger partial charge in [-0.3, -0.25) is 4.79 Å². The van der Waals surface area contributed by atoms with Crippen molar-refractivity contribution in [1.29, 1.82) is 0 Å². The van der Waals surface area contributed by atoms with Crippen LogP contribution in [0.15, 0.2) is 16.5 Å². The number of rotatable bonds is 4. The highest BCUT2D eigenvalue weighted by Gasteiger charge is 2.31. The molecule has 3 heteroatoms. The van der Waals surface area contributed by atoms with E-state index in [0.29, 0.717) is 12.2 Å². The molecule has 0 aromatic carbocycles. The van der Waals surface area contributed by atoms with E-state index in [9.17, 15) is 4.79 Å². The molecule has 1 aromatic heterocycles. The van der Waals surface area contributed by atoms with Crippen molar-refractivity contribution in [1.82, 2.24) is 0 Å². The molecule has 78 valence electrons. The molecule has 0 spiro atoms. The summed E-state index contributed by atoms with van der Waals surface area (Å²) in [6.07, 6.45) is 7.53. The van der Waals surface area contributed by atoms with Crippen LogP contribution in [0.2, 0.25) is 0 Å². The van der Waals surface area contributed by atoms with Gasteiger partial charge in [-0.15, -0.1) is 6.42 Å². The van der Waals surface area contributed by atoms with E-state index in [1.807, 2.05) is 0 Å². The average molecular weight is 204 g/mol. The quantitative estimate of drug-likeness (QED) is 0.555. The zero-order valence-electron chi connectivity index (χ0n) is 8.36. The molecular weight excluding hydrogens is 192 g/mol. The lowest BCUT2D eigenvalue weighted by atomic mass is 10.3. The Kier molecular flexibility index (Phi) is 2.77. The third-order valence-electron chi connectivity index (χ3n) is 2.26. The molecule has 0 bridgehead atoms. The number of hydrogen-bond donors (Lipinski definition) is 0. The lowest BCUT2D eigenvalue weighted by molar-refractivity contribution is -0.147. The second-order valence-corrected chi connectivity index (χ2v) is 3.63. The maximum atomic E-state index is 11.2. The summed E-state index contributed by atoms with van der Waals surface area (Å²) in [5.41, 5.74) is 0. The molecule has 1 aliphatic carbocycles. The first-order valence-electron chi connectivity index (χ1n) is 4.97. The highest BCUT2D eigenvalue weighted by atomic mass is 16.5. The maximum absolute atomic E-state index is 11.2. The highest BCUT2D eigenvalue weighted by Crippen LogP contribution is 2.30. The molecule has 1 heterocycles. The van der Waals surface area contributed by atoms with Crippen LogP contribution in [0.5, 0.6) is 0 Å². The molecule has 15 heavy (non-hydrogen) atoms. The van der Waals surface area contributed by atoms with Gasteiger partial charge >= 0.3 is 5.97 Å². The van der Waals surface area contributed by atoms with Crippen LogP contribution in [0.3, 0.4) is 0 Å². The van der Waals surface area contributed by atoms with E-state index < -0.39 is 0 Å². The molecular formula is C12H12O3. The van der Waals surface area contributed by atoms with Crippen LogP contribution in [0, 0.1) is 18.3 Å². The smallest absolute Gasteiger partial charge is 0.309 e. The van der Waals surface area contributed by atoms with Crippen molar-refractivity contribution in [3.8, 4) is 12.3 Å². The molecule has 1 aliphatic rings. The second-order valence-electron chi connectivity index (χ2n) is 3.63. The molecule has 1 saturated carbocycles. The Morgan fingerprint density at radius 2 is 2.27 bits per heavy atom. The zero-order valence-corrected chi connectivity index (χ0v) is 8.36. The van der Waals surface area contributed by atoms with Crippen LogP contribution >= 0.6 is 0 Å². The summed E-state index contributed by atoms with van der Waals surface area (Å²) < 4.78 is 10.4. The number of carbonyl (C=O) groups is 1. The normalized spacial score (nSPS) is 14.6. The SMILES string of the molecule is C#CCc1ccc(COC(=O)C2CC2)o1. The van der Waals surface area contributed by atoms with E-state index in [4.69, 9.17) is 15.6 Å². The second kappa shape index (κ2) is 4.22. The number of carbonyl (C=O) groups excluding carboxylic acids is 1. The Bertz CT molecular complexity index is 393. The third kappa shape index (κ3) is 2.63. The Labute approximate surface area is 88.4 Å². The Hall–Kier alpha value is -1.69. The van der Waals surface area contributed by atoms with Gasteiger partial charge in [0, 0.05) is 0 Å². The van der Waals surface area contributed by atoms with Gasteiger partial charge in [0.25, 0.3) is 0 Å². The summed E-state index contributed by atoms with van der Waals surface area (Å²) >= 11 is 0. The molecule has 0 aliphatic heterocycles. The lowest BCUT2D eigenvalue weighted by Gasteiger charge is -2.00. The fourth-order valence-corrected chi connectivity index (χ4v) is 1.27. The van der Waals surface area contributed by atoms with Crippen LogP contribution < -0.4 is 0 Å². The van der Waals surface area contributed by atoms with E-state index in [1.54, 1.807) is 12.1 Å². The Balaban J connectivity index is 1.82. The first-order chi connectivity index (χ1) is 7.29. The fourth-order valence-electron chi connectivity index (χ4n) is 1.27. The van der Waals surface area contributed by atoms with Crippen molar-refractivity contribution in [2.75, 3.05) is 0 Å². The van der Waals surface area contributed by atoms with Crippen molar-refractivity contribution >= 4 is 5.97 Å². The van der Waals surface area contributed by atoms with Gasteiger partial charge in [0.05, 0.1) is 12.3 Å². The molecule has 3 nitrogen and oxygen atoms in total. The summed E-state index contributed by atoms with van der Waals surface area (Å²) in [6, 6.07) is 3.59. The predicted molar refractivity (Wildman–Crippen MR) is 53.8 cm³/mol. The van der Waals surface area contributed by atoms with Gasteiger partial charge in [-0.2, -0.15) is 0 Å². The average Bonchev–Trinajstić information content (AvgIpc) is 2.98.